The van der Waals surface area contributed by atoms with Gasteiger partial charge in [0.1, 0.15) is 22.7 Å². The number of aromatic amines is 1. The Morgan fingerprint density at radius 1 is 1.22 bits per heavy atom. The number of nitrogens with one attached hydrogen (secondary N) is 2. The van der Waals surface area contributed by atoms with Crippen LogP contribution in [0.4, 0.5) is 5.69 Å². The number of fused-ring (bicyclic) bond motifs is 1. The number of anilines is 1. The molecule has 7 heteroatoms. The molecule has 23 heavy (non-hydrogen) atoms. The molecule has 0 aliphatic heterocycles. The predicted molar refractivity (Wildman–Crippen MR) is 89.4 cm³/mol. The minimum Gasteiger partial charge on any atom is -0.494 e. The topological polar surface area (TPSA) is 81.2 Å². The molecule has 3 rings (SSSR count). The van der Waals surface area contributed by atoms with Crippen molar-refractivity contribution in [3.8, 4) is 22.6 Å². The Labute approximate surface area is 132 Å². The maximum Gasteiger partial charge on any atom is 0.276 e. The zero-order valence-corrected chi connectivity index (χ0v) is 13.4. The number of benzene rings is 1. The summed E-state index contributed by atoms with van der Waals surface area (Å²) >= 11 is 0. The minimum atomic E-state index is -0.118. The molecule has 0 aliphatic rings. The Bertz CT molecular complexity index is 902. The number of hydrogen-bond acceptors (Lipinski definition) is 5. The van der Waals surface area contributed by atoms with Gasteiger partial charge in [-0.3, -0.25) is 9.89 Å². The van der Waals surface area contributed by atoms with Crippen LogP contribution in [0.5, 0.6) is 11.5 Å². The maximum atomic E-state index is 12.2. The molecule has 0 saturated heterocycles. The van der Waals surface area contributed by atoms with E-state index in [-0.39, 0.29) is 5.56 Å². The van der Waals surface area contributed by atoms with E-state index in [0.29, 0.717) is 17.0 Å². The van der Waals surface area contributed by atoms with Crippen LogP contribution in [0.1, 0.15) is 0 Å². The lowest BCUT2D eigenvalue weighted by Gasteiger charge is -2.15. The fourth-order valence-electron chi connectivity index (χ4n) is 2.70. The molecule has 0 amide bonds. The molecule has 0 saturated carbocycles. The van der Waals surface area contributed by atoms with E-state index in [2.05, 4.69) is 15.5 Å². The predicted octanol–water partition coefficient (Wildman–Crippen LogP) is 1.99. The van der Waals surface area contributed by atoms with Gasteiger partial charge in [0.2, 0.25) is 0 Å². The Morgan fingerprint density at radius 3 is 2.43 bits per heavy atom. The molecule has 2 N–H and O–H groups in total. The van der Waals surface area contributed by atoms with Gasteiger partial charge >= 0.3 is 0 Å². The number of pyridine rings is 1. The molecule has 1 aromatic carbocycles. The third-order valence-electron chi connectivity index (χ3n) is 3.85. The average molecular weight is 314 g/mol. The number of hydrogen-bond donors (Lipinski definition) is 2. The van der Waals surface area contributed by atoms with Crippen LogP contribution in [0, 0.1) is 0 Å². The van der Waals surface area contributed by atoms with Crippen LogP contribution >= 0.6 is 0 Å². The van der Waals surface area contributed by atoms with Crippen molar-refractivity contribution in [2.45, 2.75) is 0 Å². The van der Waals surface area contributed by atoms with Crippen LogP contribution in [-0.4, -0.2) is 36.0 Å². The molecular formula is C16H18N4O3. The number of aromatic nitrogens is 3. The van der Waals surface area contributed by atoms with Crippen LogP contribution in [0.3, 0.4) is 0 Å². The molecule has 2 aromatic heterocycles. The SMILES string of the molecule is CNc1c(OC)cc(-c2cn(C)c(=O)c3[nH]ncc23)cc1OC. The van der Waals surface area contributed by atoms with Crippen molar-refractivity contribution in [3.63, 3.8) is 0 Å². The zero-order chi connectivity index (χ0) is 16.6. The Hall–Kier alpha value is -2.96. The summed E-state index contributed by atoms with van der Waals surface area (Å²) < 4.78 is 12.4. The average Bonchev–Trinajstić information content (AvgIpc) is 3.06. The third kappa shape index (κ3) is 2.30. The lowest BCUT2D eigenvalue weighted by atomic mass is 10.0. The van der Waals surface area contributed by atoms with Crippen molar-refractivity contribution in [3.05, 3.63) is 34.9 Å². The first-order valence-corrected chi connectivity index (χ1v) is 7.07. The van der Waals surface area contributed by atoms with Crippen molar-refractivity contribution < 1.29 is 9.47 Å². The van der Waals surface area contributed by atoms with Gasteiger partial charge in [-0.25, -0.2) is 0 Å². The maximum absolute atomic E-state index is 12.2. The first-order chi connectivity index (χ1) is 11.1. The number of H-pyrrole nitrogens is 1. The Kier molecular flexibility index (Phi) is 3.69. The third-order valence-corrected chi connectivity index (χ3v) is 3.85. The Balaban J connectivity index is 2.33. The van der Waals surface area contributed by atoms with E-state index in [4.69, 9.17) is 9.47 Å². The molecular weight excluding hydrogens is 296 g/mol. The smallest absolute Gasteiger partial charge is 0.276 e. The molecule has 7 nitrogen and oxygen atoms in total. The van der Waals surface area contributed by atoms with Gasteiger partial charge in [-0.1, -0.05) is 0 Å². The molecule has 0 spiro atoms. The number of nitrogens with zero attached hydrogens (tertiary/aromatic N) is 2. The fraction of sp³-hybridized carbons (Fsp3) is 0.250. The number of ether oxygens (including phenoxy) is 2. The fourth-order valence-corrected chi connectivity index (χ4v) is 2.70. The minimum absolute atomic E-state index is 0.118. The highest BCUT2D eigenvalue weighted by atomic mass is 16.5. The molecule has 0 fully saturated rings. The molecule has 2 heterocycles. The van der Waals surface area contributed by atoms with Gasteiger partial charge in [0, 0.05) is 31.2 Å². The van der Waals surface area contributed by atoms with Crippen LogP contribution in [-0.2, 0) is 7.05 Å². The summed E-state index contributed by atoms with van der Waals surface area (Å²) in [5.74, 6) is 1.32. The number of aryl methyl sites for hydroxylation is 1. The van der Waals surface area contributed by atoms with Crippen LogP contribution in [0.25, 0.3) is 22.0 Å². The van der Waals surface area contributed by atoms with E-state index in [1.165, 1.54) is 4.57 Å². The first kappa shape index (κ1) is 15.0. The summed E-state index contributed by atoms with van der Waals surface area (Å²) in [6, 6.07) is 3.81. The second-order valence-electron chi connectivity index (χ2n) is 5.12. The molecule has 0 bridgehead atoms. The van der Waals surface area contributed by atoms with Gasteiger partial charge in [0.05, 0.1) is 20.4 Å². The Morgan fingerprint density at radius 2 is 1.87 bits per heavy atom. The first-order valence-electron chi connectivity index (χ1n) is 7.07. The van der Waals surface area contributed by atoms with E-state index in [9.17, 15) is 4.79 Å². The second-order valence-corrected chi connectivity index (χ2v) is 5.12. The number of rotatable bonds is 4. The van der Waals surface area contributed by atoms with Crippen molar-refractivity contribution in [2.75, 3.05) is 26.6 Å². The van der Waals surface area contributed by atoms with Crippen molar-refractivity contribution in [1.82, 2.24) is 14.8 Å². The lowest BCUT2D eigenvalue weighted by molar-refractivity contribution is 0.398. The highest BCUT2D eigenvalue weighted by Crippen LogP contribution is 2.40. The molecule has 0 atom stereocenters. The molecule has 120 valence electrons. The summed E-state index contributed by atoms with van der Waals surface area (Å²) in [5, 5.41) is 10.6. The van der Waals surface area contributed by atoms with Gasteiger partial charge in [-0.15, -0.1) is 0 Å². The second kappa shape index (κ2) is 5.68. The van der Waals surface area contributed by atoms with Crippen LogP contribution in [0.2, 0.25) is 0 Å². The van der Waals surface area contributed by atoms with Crippen LogP contribution < -0.4 is 20.3 Å². The van der Waals surface area contributed by atoms with E-state index in [1.807, 2.05) is 12.1 Å². The van der Waals surface area contributed by atoms with Gasteiger partial charge in [0.15, 0.2) is 0 Å². The highest BCUT2D eigenvalue weighted by molar-refractivity contribution is 5.94. The molecule has 0 unspecified atom stereocenters. The summed E-state index contributed by atoms with van der Waals surface area (Å²) in [4.78, 5) is 12.2. The van der Waals surface area contributed by atoms with Crippen molar-refractivity contribution >= 4 is 16.6 Å². The van der Waals surface area contributed by atoms with E-state index >= 15 is 0 Å². The van der Waals surface area contributed by atoms with Gasteiger partial charge in [0.25, 0.3) is 5.56 Å². The van der Waals surface area contributed by atoms with Gasteiger partial charge in [-0.2, -0.15) is 5.10 Å². The summed E-state index contributed by atoms with van der Waals surface area (Å²) in [5.41, 5.74) is 2.87. The summed E-state index contributed by atoms with van der Waals surface area (Å²) in [6.45, 7) is 0. The largest absolute Gasteiger partial charge is 0.494 e. The normalized spacial score (nSPS) is 10.8. The zero-order valence-electron chi connectivity index (χ0n) is 13.4. The van der Waals surface area contributed by atoms with Crippen molar-refractivity contribution in [2.24, 2.45) is 7.05 Å². The van der Waals surface area contributed by atoms with E-state index in [0.717, 1.165) is 22.2 Å². The molecule has 0 aliphatic carbocycles. The van der Waals surface area contributed by atoms with Gasteiger partial charge in [-0.05, 0) is 17.7 Å². The monoisotopic (exact) mass is 314 g/mol. The van der Waals surface area contributed by atoms with Gasteiger partial charge < -0.3 is 19.4 Å². The lowest BCUT2D eigenvalue weighted by Crippen LogP contribution is -2.16. The summed E-state index contributed by atoms with van der Waals surface area (Å²) in [7, 11) is 6.73. The van der Waals surface area contributed by atoms with Crippen molar-refractivity contribution in [1.29, 1.82) is 0 Å². The summed E-state index contributed by atoms with van der Waals surface area (Å²) in [6.07, 6.45) is 3.43. The molecule has 3 aromatic rings. The number of methoxy groups -OCH3 is 2. The van der Waals surface area contributed by atoms with E-state index < -0.39 is 0 Å². The van der Waals surface area contributed by atoms with E-state index in [1.54, 1.807) is 40.7 Å². The quantitative estimate of drug-likeness (QED) is 0.769. The molecule has 0 radical (unpaired) electrons. The van der Waals surface area contributed by atoms with Crippen LogP contribution in [0.15, 0.2) is 29.3 Å². The standard InChI is InChI=1S/C16H18N4O3/c1-17-15-12(22-3)5-9(6-13(15)23-4)11-8-20(2)16(21)14-10(11)7-18-19-14/h5-8,17H,1-4H3,(H,18,19). The highest BCUT2D eigenvalue weighted by Gasteiger charge is 2.16.